The third-order valence-corrected chi connectivity index (χ3v) is 7.74. The van der Waals surface area contributed by atoms with Gasteiger partial charge < -0.3 is 15.1 Å². The fourth-order valence-electron chi connectivity index (χ4n) is 5.45. The van der Waals surface area contributed by atoms with E-state index in [2.05, 4.69) is 85.5 Å². The van der Waals surface area contributed by atoms with Crippen LogP contribution in [0.1, 0.15) is 18.4 Å². The van der Waals surface area contributed by atoms with Crippen LogP contribution in [0.2, 0.25) is 0 Å². The van der Waals surface area contributed by atoms with Crippen LogP contribution in [0.5, 0.6) is 0 Å². The zero-order valence-corrected chi connectivity index (χ0v) is 21.1. The Morgan fingerprint density at radius 1 is 0.833 bits per heavy atom. The Labute approximate surface area is 212 Å². The van der Waals surface area contributed by atoms with E-state index in [1.165, 1.54) is 50.3 Å². The monoisotopic (exact) mass is 482 g/mol. The van der Waals surface area contributed by atoms with Crippen LogP contribution < -0.4 is 10.2 Å². The molecule has 8 heteroatoms. The van der Waals surface area contributed by atoms with Gasteiger partial charge in [0.2, 0.25) is 0 Å². The van der Waals surface area contributed by atoms with Gasteiger partial charge in [0.05, 0.1) is 17.3 Å². The molecule has 2 fully saturated rings. The minimum atomic E-state index is 0.729. The number of aromatic nitrogens is 4. The molecule has 186 valence electrons. The Kier molecular flexibility index (Phi) is 6.29. The smallest absolute Gasteiger partial charge is 0.168 e. The number of rotatable bonds is 5. The largest absolute Gasteiger partial charge is 0.371 e. The predicted molar refractivity (Wildman–Crippen MR) is 145 cm³/mol. The normalized spacial score (nSPS) is 18.1. The van der Waals surface area contributed by atoms with E-state index >= 15 is 0 Å². The molecular formula is C28H34N8. The average molecular weight is 483 g/mol. The van der Waals surface area contributed by atoms with Crippen LogP contribution in [-0.4, -0.2) is 81.9 Å². The summed E-state index contributed by atoms with van der Waals surface area (Å²) in [5.41, 5.74) is 5.28. The second-order valence-corrected chi connectivity index (χ2v) is 10.0. The zero-order chi connectivity index (χ0) is 24.5. The van der Waals surface area contributed by atoms with E-state index in [4.69, 9.17) is 0 Å². The minimum absolute atomic E-state index is 0.729. The first-order valence-electron chi connectivity index (χ1n) is 12.9. The molecule has 0 aliphatic carbocycles. The van der Waals surface area contributed by atoms with Gasteiger partial charge in [-0.3, -0.25) is 4.90 Å². The number of hydrogen-bond donors (Lipinski definition) is 1. The standard InChI is InChI=1S/C28H34N8/c1-21-5-3-4-6-26(21)32-27-25-19-31-36(28(25)30-20-29-27)24-9-7-22(8-10-24)34-13-11-23(12-14-34)35-17-15-33(2)16-18-35/h3-10,19-20,23H,11-18H2,1-2H3,(H,29,30,32). The Balaban J connectivity index is 1.15. The summed E-state index contributed by atoms with van der Waals surface area (Å²) in [6, 6.07) is 17.6. The van der Waals surface area contributed by atoms with E-state index in [1.807, 2.05) is 23.0 Å². The Morgan fingerprint density at radius 3 is 2.31 bits per heavy atom. The number of nitrogens with one attached hydrogen (secondary N) is 1. The molecule has 1 N–H and O–H groups in total. The van der Waals surface area contributed by atoms with Gasteiger partial charge in [0.15, 0.2) is 5.65 Å². The minimum Gasteiger partial charge on any atom is -0.371 e. The number of para-hydroxylation sites is 1. The van der Waals surface area contributed by atoms with E-state index < -0.39 is 0 Å². The van der Waals surface area contributed by atoms with Crippen LogP contribution in [0.4, 0.5) is 17.2 Å². The van der Waals surface area contributed by atoms with Crippen LogP contribution >= 0.6 is 0 Å². The molecule has 4 aromatic rings. The lowest BCUT2D eigenvalue weighted by Crippen LogP contribution is -2.52. The second-order valence-electron chi connectivity index (χ2n) is 10.0. The number of fused-ring (bicyclic) bond motifs is 1. The molecule has 2 aliphatic heterocycles. The molecule has 2 aliphatic rings. The van der Waals surface area contributed by atoms with E-state index in [1.54, 1.807) is 6.33 Å². The average Bonchev–Trinajstić information content (AvgIpc) is 3.36. The van der Waals surface area contributed by atoms with Crippen molar-refractivity contribution < 1.29 is 0 Å². The summed E-state index contributed by atoms with van der Waals surface area (Å²) < 4.78 is 1.89. The molecule has 2 saturated heterocycles. The molecule has 0 unspecified atom stereocenters. The number of benzene rings is 2. The SMILES string of the molecule is Cc1ccccc1Nc1ncnc2c1cnn2-c1ccc(N2CCC(N3CCN(C)CC3)CC2)cc1. The summed E-state index contributed by atoms with van der Waals surface area (Å²) in [6.45, 7) is 9.11. The number of aryl methyl sites for hydroxylation is 1. The molecule has 0 bridgehead atoms. The third kappa shape index (κ3) is 4.54. The summed E-state index contributed by atoms with van der Waals surface area (Å²) in [7, 11) is 2.23. The van der Waals surface area contributed by atoms with E-state index in [9.17, 15) is 0 Å². The lowest BCUT2D eigenvalue weighted by molar-refractivity contribution is 0.0982. The highest BCUT2D eigenvalue weighted by Crippen LogP contribution is 2.28. The third-order valence-electron chi connectivity index (χ3n) is 7.74. The fraction of sp³-hybridized carbons (Fsp3) is 0.393. The van der Waals surface area contributed by atoms with E-state index in [0.717, 1.165) is 47.4 Å². The van der Waals surface area contributed by atoms with Crippen molar-refractivity contribution in [3.8, 4) is 5.69 Å². The highest BCUT2D eigenvalue weighted by Gasteiger charge is 2.26. The molecule has 8 nitrogen and oxygen atoms in total. The highest BCUT2D eigenvalue weighted by molar-refractivity contribution is 5.89. The van der Waals surface area contributed by atoms with Gasteiger partial charge in [-0.05, 0) is 62.7 Å². The van der Waals surface area contributed by atoms with Crippen molar-refractivity contribution >= 4 is 28.2 Å². The maximum atomic E-state index is 4.65. The quantitative estimate of drug-likeness (QED) is 0.460. The summed E-state index contributed by atoms with van der Waals surface area (Å²) in [4.78, 5) is 16.7. The van der Waals surface area contributed by atoms with E-state index in [0.29, 0.717) is 0 Å². The predicted octanol–water partition coefficient (Wildman–Crippen LogP) is 4.08. The van der Waals surface area contributed by atoms with Crippen molar-refractivity contribution in [2.75, 3.05) is 56.5 Å². The van der Waals surface area contributed by atoms with Gasteiger partial charge in [0.25, 0.3) is 0 Å². The van der Waals surface area contributed by atoms with Crippen LogP contribution in [0.3, 0.4) is 0 Å². The van der Waals surface area contributed by atoms with Crippen molar-refractivity contribution in [1.82, 2.24) is 29.5 Å². The van der Waals surface area contributed by atoms with E-state index in [-0.39, 0.29) is 0 Å². The van der Waals surface area contributed by atoms with Crippen LogP contribution in [0.15, 0.2) is 61.1 Å². The topological polar surface area (TPSA) is 65.4 Å². The number of anilines is 3. The molecule has 4 heterocycles. The van der Waals surface area contributed by atoms with Crippen molar-refractivity contribution in [1.29, 1.82) is 0 Å². The fourth-order valence-corrected chi connectivity index (χ4v) is 5.45. The molecule has 2 aromatic carbocycles. The first-order valence-corrected chi connectivity index (χ1v) is 12.9. The lowest BCUT2D eigenvalue weighted by Gasteiger charge is -2.42. The number of piperidine rings is 1. The number of piperazine rings is 1. The number of nitrogens with zero attached hydrogens (tertiary/aromatic N) is 7. The first-order chi connectivity index (χ1) is 17.7. The van der Waals surface area contributed by atoms with Gasteiger partial charge in [-0.1, -0.05) is 18.2 Å². The van der Waals surface area contributed by atoms with Gasteiger partial charge in [-0.15, -0.1) is 0 Å². The van der Waals surface area contributed by atoms with Crippen LogP contribution in [0.25, 0.3) is 16.7 Å². The molecule has 0 atom stereocenters. The van der Waals surface area contributed by atoms with Gasteiger partial charge in [0, 0.05) is 56.7 Å². The number of hydrogen-bond acceptors (Lipinski definition) is 7. The second kappa shape index (κ2) is 9.87. The summed E-state index contributed by atoms with van der Waals surface area (Å²) in [6.07, 6.45) is 5.92. The van der Waals surface area contributed by atoms with Crippen molar-refractivity contribution in [2.45, 2.75) is 25.8 Å². The number of likely N-dealkylation sites (N-methyl/N-ethyl adjacent to an activating group) is 1. The summed E-state index contributed by atoms with van der Waals surface area (Å²) in [5, 5.41) is 8.99. The van der Waals surface area contributed by atoms with Gasteiger partial charge in [-0.25, -0.2) is 14.6 Å². The molecule has 2 aromatic heterocycles. The molecule has 0 radical (unpaired) electrons. The Morgan fingerprint density at radius 2 is 1.56 bits per heavy atom. The zero-order valence-electron chi connectivity index (χ0n) is 21.1. The highest BCUT2D eigenvalue weighted by atomic mass is 15.3. The molecule has 0 spiro atoms. The first kappa shape index (κ1) is 22.9. The molecule has 0 saturated carbocycles. The lowest BCUT2D eigenvalue weighted by atomic mass is 10.0. The summed E-state index contributed by atoms with van der Waals surface area (Å²) in [5.74, 6) is 0.764. The maximum absolute atomic E-state index is 4.65. The van der Waals surface area contributed by atoms with Crippen molar-refractivity contribution in [3.05, 3.63) is 66.6 Å². The summed E-state index contributed by atoms with van der Waals surface area (Å²) >= 11 is 0. The van der Waals surface area contributed by atoms with Gasteiger partial charge in [-0.2, -0.15) is 5.10 Å². The molecule has 0 amide bonds. The maximum Gasteiger partial charge on any atom is 0.168 e. The Bertz CT molecular complexity index is 1320. The van der Waals surface area contributed by atoms with Crippen molar-refractivity contribution in [3.63, 3.8) is 0 Å². The van der Waals surface area contributed by atoms with Crippen molar-refractivity contribution in [2.24, 2.45) is 0 Å². The van der Waals surface area contributed by atoms with Gasteiger partial charge in [0.1, 0.15) is 12.1 Å². The molecule has 6 rings (SSSR count). The van der Waals surface area contributed by atoms with Gasteiger partial charge >= 0.3 is 0 Å². The van der Waals surface area contributed by atoms with Crippen LogP contribution in [-0.2, 0) is 0 Å². The van der Waals surface area contributed by atoms with Crippen LogP contribution in [0, 0.1) is 6.92 Å². The Hall–Kier alpha value is -3.49. The molecular weight excluding hydrogens is 448 g/mol. The molecule has 36 heavy (non-hydrogen) atoms.